The van der Waals surface area contributed by atoms with Gasteiger partial charge in [0.1, 0.15) is 5.82 Å². The molecule has 0 aliphatic carbocycles. The van der Waals surface area contributed by atoms with Gasteiger partial charge in [0.15, 0.2) is 0 Å². The summed E-state index contributed by atoms with van der Waals surface area (Å²) < 4.78 is 53.6. The number of halogens is 4. The van der Waals surface area contributed by atoms with E-state index in [-0.39, 0.29) is 16.8 Å². The molecule has 138 valence electrons. The van der Waals surface area contributed by atoms with E-state index in [2.05, 4.69) is 10.3 Å². The lowest BCUT2D eigenvalue weighted by Crippen LogP contribution is -2.31. The van der Waals surface area contributed by atoms with Crippen LogP contribution in [0.15, 0.2) is 72.9 Å². The van der Waals surface area contributed by atoms with Crippen molar-refractivity contribution in [3.63, 3.8) is 0 Å². The van der Waals surface area contributed by atoms with Crippen molar-refractivity contribution < 1.29 is 22.4 Å². The maximum absolute atomic E-state index is 13.4. The highest BCUT2D eigenvalue weighted by Gasteiger charge is 2.37. The number of carbonyl (C=O) groups is 1. The number of hydrogen-bond acceptors (Lipinski definition) is 2. The quantitative estimate of drug-likeness (QED) is 0.669. The summed E-state index contributed by atoms with van der Waals surface area (Å²) in [5.41, 5.74) is -0.757. The first-order chi connectivity index (χ1) is 12.9. The zero-order chi connectivity index (χ0) is 19.4. The number of amides is 1. The minimum Gasteiger partial charge on any atom is -0.340 e. The molecule has 27 heavy (non-hydrogen) atoms. The Bertz CT molecular complexity index is 925. The van der Waals surface area contributed by atoms with Crippen LogP contribution in [0.3, 0.4) is 0 Å². The van der Waals surface area contributed by atoms with E-state index in [0.717, 1.165) is 18.2 Å². The third-order valence-electron chi connectivity index (χ3n) is 3.93. The Morgan fingerprint density at radius 2 is 1.59 bits per heavy atom. The van der Waals surface area contributed by atoms with Crippen molar-refractivity contribution >= 4 is 5.91 Å². The Kier molecular flexibility index (Phi) is 5.21. The van der Waals surface area contributed by atoms with E-state index in [4.69, 9.17) is 0 Å². The molecule has 3 rings (SSSR count). The molecule has 0 aliphatic rings. The summed E-state index contributed by atoms with van der Waals surface area (Å²) in [5.74, 6) is -1.10. The summed E-state index contributed by atoms with van der Waals surface area (Å²) in [5, 5.41) is 2.57. The Morgan fingerprint density at radius 1 is 0.926 bits per heavy atom. The predicted octanol–water partition coefficient (Wildman–Crippen LogP) is 4.76. The lowest BCUT2D eigenvalue weighted by molar-refractivity contribution is -0.138. The number of carbonyl (C=O) groups excluding carboxylic acids is 1. The first-order valence-electron chi connectivity index (χ1n) is 8.00. The molecule has 0 spiro atoms. The van der Waals surface area contributed by atoms with Gasteiger partial charge in [0.25, 0.3) is 5.91 Å². The average Bonchev–Trinajstić information content (AvgIpc) is 2.67. The van der Waals surface area contributed by atoms with Gasteiger partial charge < -0.3 is 5.32 Å². The monoisotopic (exact) mass is 374 g/mol. The van der Waals surface area contributed by atoms with Gasteiger partial charge in [-0.25, -0.2) is 4.39 Å². The van der Waals surface area contributed by atoms with Crippen molar-refractivity contribution in [1.82, 2.24) is 10.3 Å². The number of nitrogens with zero attached hydrogens (tertiary/aromatic N) is 1. The number of alkyl halides is 3. The molecule has 1 amide bonds. The third-order valence-corrected chi connectivity index (χ3v) is 3.93. The number of pyridine rings is 1. The molecule has 0 saturated heterocycles. The van der Waals surface area contributed by atoms with Crippen molar-refractivity contribution in [2.75, 3.05) is 0 Å². The molecule has 0 bridgehead atoms. The zero-order valence-electron chi connectivity index (χ0n) is 13.9. The van der Waals surface area contributed by atoms with Crippen LogP contribution in [0.5, 0.6) is 0 Å². The van der Waals surface area contributed by atoms with Crippen LogP contribution in [-0.2, 0) is 6.18 Å². The highest BCUT2D eigenvalue weighted by Crippen LogP contribution is 2.35. The van der Waals surface area contributed by atoms with Crippen LogP contribution in [0.4, 0.5) is 17.6 Å². The van der Waals surface area contributed by atoms with Crippen LogP contribution in [0.25, 0.3) is 0 Å². The van der Waals surface area contributed by atoms with Crippen LogP contribution in [0, 0.1) is 5.82 Å². The minimum atomic E-state index is -4.65. The topological polar surface area (TPSA) is 42.0 Å². The van der Waals surface area contributed by atoms with Crippen molar-refractivity contribution in [1.29, 1.82) is 0 Å². The van der Waals surface area contributed by atoms with E-state index in [1.807, 2.05) is 0 Å². The van der Waals surface area contributed by atoms with E-state index in [1.54, 1.807) is 30.3 Å². The van der Waals surface area contributed by atoms with Gasteiger partial charge in [0.05, 0.1) is 17.3 Å². The van der Waals surface area contributed by atoms with E-state index in [9.17, 15) is 22.4 Å². The van der Waals surface area contributed by atoms with Crippen LogP contribution in [0.1, 0.15) is 33.2 Å². The van der Waals surface area contributed by atoms with Gasteiger partial charge in [-0.1, -0.05) is 30.3 Å². The van der Waals surface area contributed by atoms with Gasteiger partial charge in [-0.05, 0) is 42.0 Å². The Balaban J connectivity index is 2.06. The van der Waals surface area contributed by atoms with Crippen LogP contribution >= 0.6 is 0 Å². The first kappa shape index (κ1) is 18.6. The predicted molar refractivity (Wildman–Crippen MR) is 91.4 cm³/mol. The maximum atomic E-state index is 13.4. The summed E-state index contributed by atoms with van der Waals surface area (Å²) in [4.78, 5) is 16.4. The number of nitrogens with one attached hydrogen (secondary N) is 1. The van der Waals surface area contributed by atoms with Gasteiger partial charge in [-0.2, -0.15) is 13.2 Å². The fourth-order valence-corrected chi connectivity index (χ4v) is 2.66. The summed E-state index contributed by atoms with van der Waals surface area (Å²) in [6.07, 6.45) is -3.44. The highest BCUT2D eigenvalue weighted by molar-refractivity contribution is 5.94. The Hall–Kier alpha value is -3.22. The summed E-state index contributed by atoms with van der Waals surface area (Å²) >= 11 is 0. The molecule has 0 aliphatic heterocycles. The van der Waals surface area contributed by atoms with Gasteiger partial charge in [0, 0.05) is 11.8 Å². The van der Waals surface area contributed by atoms with Crippen LogP contribution < -0.4 is 5.32 Å². The van der Waals surface area contributed by atoms with Crippen molar-refractivity contribution in [2.45, 2.75) is 12.2 Å². The lowest BCUT2D eigenvalue weighted by Gasteiger charge is -2.22. The molecule has 3 aromatic rings. The van der Waals surface area contributed by atoms with E-state index >= 15 is 0 Å². The van der Waals surface area contributed by atoms with Crippen molar-refractivity contribution in [3.05, 3.63) is 101 Å². The molecule has 1 aromatic heterocycles. The molecule has 2 aromatic carbocycles. The van der Waals surface area contributed by atoms with Crippen molar-refractivity contribution in [3.8, 4) is 0 Å². The fraction of sp³-hybridized carbons (Fsp3) is 0.100. The third kappa shape index (κ3) is 4.31. The van der Waals surface area contributed by atoms with E-state index < -0.39 is 29.5 Å². The second-order valence-electron chi connectivity index (χ2n) is 5.76. The van der Waals surface area contributed by atoms with Gasteiger partial charge >= 0.3 is 6.18 Å². The molecular weight excluding hydrogens is 360 g/mol. The molecule has 0 unspecified atom stereocenters. The number of aromatic nitrogens is 1. The molecule has 7 heteroatoms. The summed E-state index contributed by atoms with van der Waals surface area (Å²) in [6.45, 7) is 0. The minimum absolute atomic E-state index is 0.282. The van der Waals surface area contributed by atoms with E-state index in [0.29, 0.717) is 0 Å². The molecule has 0 fully saturated rings. The second-order valence-corrected chi connectivity index (χ2v) is 5.76. The molecule has 1 heterocycles. The summed E-state index contributed by atoms with van der Waals surface area (Å²) in [7, 11) is 0. The maximum Gasteiger partial charge on any atom is 0.418 e. The Labute approximate surface area is 152 Å². The SMILES string of the molecule is O=C(N[C@@H](c1ccc(F)cc1)c1ncccc1C(F)(F)F)c1ccccc1. The number of rotatable bonds is 4. The summed E-state index contributed by atoms with van der Waals surface area (Å²) in [6, 6.07) is 13.8. The lowest BCUT2D eigenvalue weighted by atomic mass is 9.98. The average molecular weight is 374 g/mol. The molecule has 1 N–H and O–H groups in total. The van der Waals surface area contributed by atoms with Crippen LogP contribution in [-0.4, -0.2) is 10.9 Å². The molecule has 0 saturated carbocycles. The van der Waals surface area contributed by atoms with Gasteiger partial charge in [-0.15, -0.1) is 0 Å². The van der Waals surface area contributed by atoms with E-state index in [1.165, 1.54) is 24.4 Å². The molecule has 3 nitrogen and oxygen atoms in total. The fourth-order valence-electron chi connectivity index (χ4n) is 2.66. The Morgan fingerprint density at radius 3 is 2.22 bits per heavy atom. The molecule has 0 radical (unpaired) electrons. The number of hydrogen-bond donors (Lipinski definition) is 1. The van der Waals surface area contributed by atoms with Gasteiger partial charge in [0.2, 0.25) is 0 Å². The van der Waals surface area contributed by atoms with Crippen LogP contribution in [0.2, 0.25) is 0 Å². The highest BCUT2D eigenvalue weighted by atomic mass is 19.4. The van der Waals surface area contributed by atoms with Crippen molar-refractivity contribution in [2.24, 2.45) is 0 Å². The smallest absolute Gasteiger partial charge is 0.340 e. The molecular formula is C20H14F4N2O. The number of benzene rings is 2. The second kappa shape index (κ2) is 7.57. The van der Waals surface area contributed by atoms with Gasteiger partial charge in [-0.3, -0.25) is 9.78 Å². The zero-order valence-corrected chi connectivity index (χ0v) is 13.9. The molecule has 1 atom stereocenters. The normalized spacial score (nSPS) is 12.4. The standard InChI is InChI=1S/C20H14F4N2O/c21-15-10-8-13(9-11-15)17(26-19(27)14-5-2-1-3-6-14)18-16(20(22,23)24)7-4-12-25-18/h1-12,17H,(H,26,27)/t17-/m0/s1. The largest absolute Gasteiger partial charge is 0.418 e. The first-order valence-corrected chi connectivity index (χ1v) is 8.00.